The molecule has 0 aliphatic carbocycles. The standard InChI is InChI=1S/C28H43NO4/c1-18-11-20(27(3,4)5)13-22(25(18)32-16-30-9)24(15-29)23-14-21(28(6,7)8)12-19(2)26(23)33-17-31-10/h11-14,24H,15-17,29H2,1-10H3. The van der Waals surface area contributed by atoms with Crippen LogP contribution >= 0.6 is 0 Å². The topological polar surface area (TPSA) is 62.9 Å². The van der Waals surface area contributed by atoms with E-state index in [0.29, 0.717) is 6.54 Å². The zero-order valence-corrected chi connectivity index (χ0v) is 22.2. The van der Waals surface area contributed by atoms with Crippen molar-refractivity contribution in [3.8, 4) is 11.5 Å². The van der Waals surface area contributed by atoms with Gasteiger partial charge < -0.3 is 24.7 Å². The first kappa shape index (κ1) is 27.2. The molecule has 0 saturated carbocycles. The van der Waals surface area contributed by atoms with Crippen molar-refractivity contribution < 1.29 is 18.9 Å². The Hall–Kier alpha value is -2.08. The largest absolute Gasteiger partial charge is 0.467 e. The summed E-state index contributed by atoms with van der Waals surface area (Å²) in [7, 11) is 3.26. The normalized spacial score (nSPS) is 12.4. The predicted octanol–water partition coefficient (Wildman–Crippen LogP) is 5.95. The van der Waals surface area contributed by atoms with Crippen LogP contribution in [0.1, 0.15) is 80.8 Å². The van der Waals surface area contributed by atoms with Crippen molar-refractivity contribution in [1.29, 1.82) is 0 Å². The minimum absolute atomic E-state index is 0.0169. The zero-order chi connectivity index (χ0) is 25.0. The summed E-state index contributed by atoms with van der Waals surface area (Å²) in [5.74, 6) is 1.51. The van der Waals surface area contributed by atoms with Gasteiger partial charge >= 0.3 is 0 Å². The minimum Gasteiger partial charge on any atom is -0.467 e. The molecule has 2 rings (SSSR count). The summed E-state index contributed by atoms with van der Waals surface area (Å²) in [5.41, 5.74) is 13.1. The van der Waals surface area contributed by atoms with Crippen molar-refractivity contribution in [2.75, 3.05) is 34.4 Å². The molecule has 33 heavy (non-hydrogen) atoms. The molecular weight excluding hydrogens is 414 g/mol. The number of benzene rings is 2. The van der Waals surface area contributed by atoms with Crippen LogP contribution in [0.15, 0.2) is 24.3 Å². The fourth-order valence-electron chi connectivity index (χ4n) is 4.04. The van der Waals surface area contributed by atoms with Crippen LogP contribution in [0.2, 0.25) is 0 Å². The fraction of sp³-hybridized carbons (Fsp3) is 0.571. The second kappa shape index (κ2) is 10.9. The highest BCUT2D eigenvalue weighted by Crippen LogP contribution is 2.43. The highest BCUT2D eigenvalue weighted by molar-refractivity contribution is 5.56. The molecule has 184 valence electrons. The first-order valence-corrected chi connectivity index (χ1v) is 11.6. The Morgan fingerprint density at radius 2 is 1.06 bits per heavy atom. The number of ether oxygens (including phenoxy) is 4. The molecule has 0 amide bonds. The molecule has 0 fully saturated rings. The van der Waals surface area contributed by atoms with E-state index in [1.807, 2.05) is 0 Å². The van der Waals surface area contributed by atoms with Crippen molar-refractivity contribution in [2.45, 2.75) is 72.1 Å². The van der Waals surface area contributed by atoms with E-state index in [1.54, 1.807) is 14.2 Å². The van der Waals surface area contributed by atoms with Gasteiger partial charge in [0.25, 0.3) is 0 Å². The SMILES string of the molecule is COCOc1c(C)cc(C(C)(C)C)cc1C(CN)c1cc(C(C)(C)C)cc(C)c1OCOC. The first-order valence-electron chi connectivity index (χ1n) is 11.6. The Morgan fingerprint density at radius 1 is 0.697 bits per heavy atom. The lowest BCUT2D eigenvalue weighted by atomic mass is 9.78. The van der Waals surface area contributed by atoms with Gasteiger partial charge in [0.1, 0.15) is 11.5 Å². The third-order valence-electron chi connectivity index (χ3n) is 5.97. The van der Waals surface area contributed by atoms with E-state index >= 15 is 0 Å². The molecule has 0 aromatic heterocycles. The molecular formula is C28H43NO4. The van der Waals surface area contributed by atoms with Crippen LogP contribution in [0.3, 0.4) is 0 Å². The van der Waals surface area contributed by atoms with E-state index < -0.39 is 0 Å². The first-order chi connectivity index (χ1) is 15.3. The monoisotopic (exact) mass is 457 g/mol. The lowest BCUT2D eigenvalue weighted by Crippen LogP contribution is -2.21. The molecule has 0 saturated heterocycles. The van der Waals surface area contributed by atoms with Crippen LogP contribution in [0.25, 0.3) is 0 Å². The highest BCUT2D eigenvalue weighted by Gasteiger charge is 2.28. The summed E-state index contributed by atoms with van der Waals surface area (Å²) in [6.45, 7) is 18.2. The van der Waals surface area contributed by atoms with Crippen molar-refractivity contribution in [1.82, 2.24) is 0 Å². The van der Waals surface area contributed by atoms with Crippen molar-refractivity contribution in [3.05, 3.63) is 57.6 Å². The van der Waals surface area contributed by atoms with E-state index in [-0.39, 0.29) is 30.3 Å². The molecule has 2 N–H and O–H groups in total. The van der Waals surface area contributed by atoms with E-state index in [2.05, 4.69) is 79.7 Å². The highest BCUT2D eigenvalue weighted by atomic mass is 16.7. The second-order valence-corrected chi connectivity index (χ2v) is 10.8. The number of methoxy groups -OCH3 is 2. The molecule has 0 heterocycles. The molecule has 2 aromatic carbocycles. The fourth-order valence-corrected chi connectivity index (χ4v) is 4.04. The van der Waals surface area contributed by atoms with Gasteiger partial charge in [-0.25, -0.2) is 0 Å². The predicted molar refractivity (Wildman–Crippen MR) is 136 cm³/mol. The third-order valence-corrected chi connectivity index (χ3v) is 5.97. The maximum atomic E-state index is 6.48. The Morgan fingerprint density at radius 3 is 1.33 bits per heavy atom. The molecule has 0 atom stereocenters. The average molecular weight is 458 g/mol. The molecule has 2 aromatic rings. The van der Waals surface area contributed by atoms with Crippen molar-refractivity contribution in [2.24, 2.45) is 5.73 Å². The van der Waals surface area contributed by atoms with E-state index in [0.717, 1.165) is 33.8 Å². The maximum absolute atomic E-state index is 6.48. The van der Waals surface area contributed by atoms with Gasteiger partial charge in [0.2, 0.25) is 0 Å². The van der Waals surface area contributed by atoms with Crippen LogP contribution in [-0.2, 0) is 20.3 Å². The smallest absolute Gasteiger partial charge is 0.188 e. The Labute approximate surface area is 200 Å². The molecule has 0 unspecified atom stereocenters. The molecule has 0 spiro atoms. The average Bonchev–Trinajstić information content (AvgIpc) is 2.71. The molecule has 0 aliphatic rings. The van der Waals surface area contributed by atoms with Crippen molar-refractivity contribution >= 4 is 0 Å². The molecule has 0 bridgehead atoms. The second-order valence-electron chi connectivity index (χ2n) is 10.8. The lowest BCUT2D eigenvalue weighted by Gasteiger charge is -2.29. The zero-order valence-electron chi connectivity index (χ0n) is 22.2. The molecule has 5 nitrogen and oxygen atoms in total. The summed E-state index contributed by atoms with van der Waals surface area (Å²) < 4.78 is 22.7. The van der Waals surface area contributed by atoms with Gasteiger partial charge in [-0.2, -0.15) is 0 Å². The Balaban J connectivity index is 2.84. The number of nitrogens with two attached hydrogens (primary N) is 1. The summed E-state index contributed by atoms with van der Waals surface area (Å²) >= 11 is 0. The van der Waals surface area contributed by atoms with Crippen LogP contribution in [0.4, 0.5) is 0 Å². The maximum Gasteiger partial charge on any atom is 0.188 e. The van der Waals surface area contributed by atoms with Gasteiger partial charge in [0.05, 0.1) is 0 Å². The van der Waals surface area contributed by atoms with Gasteiger partial charge in [0.15, 0.2) is 13.6 Å². The van der Waals surface area contributed by atoms with Crippen LogP contribution in [-0.4, -0.2) is 34.4 Å². The van der Waals surface area contributed by atoms with E-state index in [1.165, 1.54) is 11.1 Å². The summed E-state index contributed by atoms with van der Waals surface area (Å²) in [5, 5.41) is 0. The van der Waals surface area contributed by atoms with E-state index in [4.69, 9.17) is 24.7 Å². The van der Waals surface area contributed by atoms with Gasteiger partial charge in [0, 0.05) is 37.8 Å². The van der Waals surface area contributed by atoms with Gasteiger partial charge in [-0.15, -0.1) is 0 Å². The minimum atomic E-state index is -0.120. The summed E-state index contributed by atoms with van der Waals surface area (Å²) in [6.07, 6.45) is 0. The van der Waals surface area contributed by atoms with Crippen LogP contribution < -0.4 is 15.2 Å². The van der Waals surface area contributed by atoms with Gasteiger partial charge in [-0.3, -0.25) is 0 Å². The van der Waals surface area contributed by atoms with Gasteiger partial charge in [-0.05, 0) is 46.9 Å². The Kier molecular flexibility index (Phi) is 8.97. The Bertz CT molecular complexity index is 863. The van der Waals surface area contributed by atoms with Crippen LogP contribution in [0.5, 0.6) is 11.5 Å². The number of aryl methyl sites for hydroxylation is 2. The molecule has 5 heteroatoms. The third kappa shape index (κ3) is 6.50. The summed E-state index contributed by atoms with van der Waals surface area (Å²) in [4.78, 5) is 0. The quantitative estimate of drug-likeness (QED) is 0.471. The lowest BCUT2D eigenvalue weighted by molar-refractivity contribution is 0.0488. The van der Waals surface area contributed by atoms with Crippen molar-refractivity contribution in [3.63, 3.8) is 0 Å². The summed E-state index contributed by atoms with van der Waals surface area (Å²) in [6, 6.07) is 8.85. The molecule has 0 radical (unpaired) electrons. The van der Waals surface area contributed by atoms with E-state index in [9.17, 15) is 0 Å². The molecule has 0 aliphatic heterocycles. The number of hydrogen-bond acceptors (Lipinski definition) is 5. The van der Waals surface area contributed by atoms with Gasteiger partial charge in [-0.1, -0.05) is 65.8 Å². The van der Waals surface area contributed by atoms with Crippen LogP contribution in [0, 0.1) is 13.8 Å². The number of rotatable bonds is 9. The number of hydrogen-bond donors (Lipinski definition) is 1.